The first-order valence-electron chi connectivity index (χ1n) is 7.53. The minimum atomic E-state index is 0.0588. The first-order valence-corrected chi connectivity index (χ1v) is 7.53. The summed E-state index contributed by atoms with van der Waals surface area (Å²) in [4.78, 5) is 14.3. The smallest absolute Gasteiger partial charge is 0.224 e. The topological polar surface area (TPSA) is 58.4 Å². The van der Waals surface area contributed by atoms with Gasteiger partial charge in [0.2, 0.25) is 5.91 Å². The summed E-state index contributed by atoms with van der Waals surface area (Å²) in [5, 5.41) is 2.88. The molecule has 4 heteroatoms. The molecule has 0 spiro atoms. The molecule has 0 unspecified atom stereocenters. The predicted molar refractivity (Wildman–Crippen MR) is 85.7 cm³/mol. The van der Waals surface area contributed by atoms with Gasteiger partial charge in [-0.15, -0.1) is 0 Å². The van der Waals surface area contributed by atoms with Crippen molar-refractivity contribution in [2.45, 2.75) is 39.5 Å². The highest BCUT2D eigenvalue weighted by Gasteiger charge is 2.06. The first-order chi connectivity index (χ1) is 9.65. The predicted octanol–water partition coefficient (Wildman–Crippen LogP) is 3.11. The summed E-state index contributed by atoms with van der Waals surface area (Å²) in [5.41, 5.74) is 7.12. The van der Waals surface area contributed by atoms with Crippen LogP contribution in [-0.4, -0.2) is 30.4 Å². The summed E-state index contributed by atoms with van der Waals surface area (Å²) in [6.07, 6.45) is 3.78. The van der Waals surface area contributed by atoms with Crippen LogP contribution in [0.4, 0.5) is 11.4 Å². The zero-order valence-electron chi connectivity index (χ0n) is 12.7. The van der Waals surface area contributed by atoms with E-state index < -0.39 is 0 Å². The van der Waals surface area contributed by atoms with E-state index in [1.54, 1.807) is 6.07 Å². The highest BCUT2D eigenvalue weighted by atomic mass is 16.1. The molecule has 0 saturated carbocycles. The Kier molecular flexibility index (Phi) is 7.73. The van der Waals surface area contributed by atoms with Gasteiger partial charge in [0.1, 0.15) is 0 Å². The number of nitrogens with two attached hydrogens (primary N) is 1. The van der Waals surface area contributed by atoms with E-state index in [-0.39, 0.29) is 5.91 Å². The van der Waals surface area contributed by atoms with E-state index in [9.17, 15) is 4.79 Å². The summed E-state index contributed by atoms with van der Waals surface area (Å²) < 4.78 is 0. The van der Waals surface area contributed by atoms with E-state index in [0.29, 0.717) is 12.1 Å². The Morgan fingerprint density at radius 3 is 2.50 bits per heavy atom. The van der Waals surface area contributed by atoms with Gasteiger partial charge >= 0.3 is 0 Å². The quantitative estimate of drug-likeness (QED) is 0.682. The van der Waals surface area contributed by atoms with Gasteiger partial charge in [-0.2, -0.15) is 0 Å². The van der Waals surface area contributed by atoms with E-state index in [1.807, 2.05) is 18.2 Å². The third-order valence-electron chi connectivity index (χ3n) is 3.13. The zero-order valence-corrected chi connectivity index (χ0v) is 12.7. The lowest BCUT2D eigenvalue weighted by Gasteiger charge is -2.20. The number of anilines is 2. The SMILES string of the molecule is CCCN(CCC)CCCC(=O)Nc1cccc(N)c1. The molecule has 0 bridgehead atoms. The number of hydrogen-bond acceptors (Lipinski definition) is 3. The number of carbonyl (C=O) groups is 1. The molecule has 20 heavy (non-hydrogen) atoms. The summed E-state index contributed by atoms with van der Waals surface area (Å²) in [6, 6.07) is 7.28. The molecule has 1 amide bonds. The van der Waals surface area contributed by atoms with E-state index in [1.165, 1.54) is 0 Å². The Labute approximate surface area is 122 Å². The van der Waals surface area contributed by atoms with Crippen LogP contribution < -0.4 is 11.1 Å². The van der Waals surface area contributed by atoms with Crippen LogP contribution in [0.1, 0.15) is 39.5 Å². The molecule has 0 aromatic heterocycles. The van der Waals surface area contributed by atoms with E-state index in [0.717, 1.165) is 44.6 Å². The van der Waals surface area contributed by atoms with E-state index in [2.05, 4.69) is 24.1 Å². The molecular weight excluding hydrogens is 250 g/mol. The largest absolute Gasteiger partial charge is 0.399 e. The Hall–Kier alpha value is -1.55. The molecule has 1 rings (SSSR count). The Morgan fingerprint density at radius 1 is 1.20 bits per heavy atom. The maximum absolute atomic E-state index is 11.9. The van der Waals surface area contributed by atoms with Gasteiger partial charge in [0.25, 0.3) is 0 Å². The number of carbonyl (C=O) groups excluding carboxylic acids is 1. The second-order valence-corrected chi connectivity index (χ2v) is 5.12. The van der Waals surface area contributed by atoms with Gasteiger partial charge in [0.15, 0.2) is 0 Å². The highest BCUT2D eigenvalue weighted by molar-refractivity contribution is 5.91. The number of amides is 1. The molecule has 0 fully saturated rings. The minimum Gasteiger partial charge on any atom is -0.399 e. The molecule has 1 aromatic rings. The monoisotopic (exact) mass is 277 g/mol. The van der Waals surface area contributed by atoms with Crippen LogP contribution in [0.15, 0.2) is 24.3 Å². The summed E-state index contributed by atoms with van der Waals surface area (Å²) >= 11 is 0. The van der Waals surface area contributed by atoms with Crippen LogP contribution in [0.5, 0.6) is 0 Å². The lowest BCUT2D eigenvalue weighted by molar-refractivity contribution is -0.116. The fourth-order valence-electron chi connectivity index (χ4n) is 2.27. The summed E-state index contributed by atoms with van der Waals surface area (Å²) in [7, 11) is 0. The van der Waals surface area contributed by atoms with E-state index >= 15 is 0 Å². The maximum atomic E-state index is 11.9. The molecular formula is C16H27N3O. The van der Waals surface area contributed by atoms with Crippen LogP contribution in [-0.2, 0) is 4.79 Å². The molecule has 0 heterocycles. The van der Waals surface area contributed by atoms with Gasteiger partial charge in [-0.1, -0.05) is 19.9 Å². The van der Waals surface area contributed by atoms with Gasteiger partial charge < -0.3 is 16.0 Å². The Morgan fingerprint density at radius 2 is 1.90 bits per heavy atom. The van der Waals surface area contributed by atoms with Crippen molar-refractivity contribution in [2.75, 3.05) is 30.7 Å². The Balaban J connectivity index is 2.28. The van der Waals surface area contributed by atoms with Crippen LogP contribution >= 0.6 is 0 Å². The van der Waals surface area contributed by atoms with Crippen LogP contribution in [0.25, 0.3) is 0 Å². The van der Waals surface area contributed by atoms with Crippen molar-refractivity contribution >= 4 is 17.3 Å². The van der Waals surface area contributed by atoms with Crippen LogP contribution in [0, 0.1) is 0 Å². The lowest BCUT2D eigenvalue weighted by Crippen LogP contribution is -2.27. The average Bonchev–Trinajstić information content (AvgIpc) is 2.39. The minimum absolute atomic E-state index is 0.0588. The molecule has 0 atom stereocenters. The van der Waals surface area contributed by atoms with Crippen molar-refractivity contribution in [1.29, 1.82) is 0 Å². The van der Waals surface area contributed by atoms with E-state index in [4.69, 9.17) is 5.73 Å². The maximum Gasteiger partial charge on any atom is 0.224 e. The third-order valence-corrected chi connectivity index (χ3v) is 3.13. The molecule has 4 nitrogen and oxygen atoms in total. The molecule has 0 aliphatic heterocycles. The average molecular weight is 277 g/mol. The molecule has 0 aliphatic rings. The fourth-order valence-corrected chi connectivity index (χ4v) is 2.27. The Bertz CT molecular complexity index is 400. The number of nitrogens with zero attached hydrogens (tertiary/aromatic N) is 1. The normalized spacial score (nSPS) is 10.8. The molecule has 3 N–H and O–H groups in total. The van der Waals surface area contributed by atoms with Crippen LogP contribution in [0.2, 0.25) is 0 Å². The zero-order chi connectivity index (χ0) is 14.8. The fraction of sp³-hybridized carbons (Fsp3) is 0.562. The lowest BCUT2D eigenvalue weighted by atomic mass is 10.2. The van der Waals surface area contributed by atoms with Gasteiger partial charge in [0.05, 0.1) is 0 Å². The first kappa shape index (κ1) is 16.5. The van der Waals surface area contributed by atoms with Crippen LogP contribution in [0.3, 0.4) is 0 Å². The molecule has 0 saturated heterocycles. The number of hydrogen-bond donors (Lipinski definition) is 2. The second kappa shape index (κ2) is 9.37. The number of nitrogen functional groups attached to an aromatic ring is 1. The molecule has 0 aliphatic carbocycles. The standard InChI is InChI=1S/C16H27N3O/c1-3-10-19(11-4-2)12-6-9-16(20)18-15-8-5-7-14(17)13-15/h5,7-8,13H,3-4,6,9-12,17H2,1-2H3,(H,18,20). The van der Waals surface area contributed by atoms with Gasteiger partial charge in [-0.3, -0.25) is 4.79 Å². The van der Waals surface area contributed by atoms with Crippen molar-refractivity contribution in [3.05, 3.63) is 24.3 Å². The molecule has 0 radical (unpaired) electrons. The van der Waals surface area contributed by atoms with Gasteiger partial charge in [0, 0.05) is 17.8 Å². The van der Waals surface area contributed by atoms with Gasteiger partial charge in [-0.05, 0) is 57.1 Å². The van der Waals surface area contributed by atoms with Crippen molar-refractivity contribution in [3.8, 4) is 0 Å². The molecule has 112 valence electrons. The van der Waals surface area contributed by atoms with Crippen molar-refractivity contribution in [1.82, 2.24) is 4.90 Å². The highest BCUT2D eigenvalue weighted by Crippen LogP contribution is 2.12. The number of rotatable bonds is 9. The summed E-state index contributed by atoms with van der Waals surface area (Å²) in [5.74, 6) is 0.0588. The summed E-state index contributed by atoms with van der Waals surface area (Å²) in [6.45, 7) is 7.60. The van der Waals surface area contributed by atoms with Gasteiger partial charge in [-0.25, -0.2) is 0 Å². The van der Waals surface area contributed by atoms with Crippen molar-refractivity contribution in [3.63, 3.8) is 0 Å². The third kappa shape index (κ3) is 6.57. The number of benzene rings is 1. The second-order valence-electron chi connectivity index (χ2n) is 5.12. The molecule has 1 aromatic carbocycles. The van der Waals surface area contributed by atoms with Crippen molar-refractivity contribution < 1.29 is 4.79 Å². The number of nitrogens with one attached hydrogen (secondary N) is 1. The van der Waals surface area contributed by atoms with Crippen molar-refractivity contribution in [2.24, 2.45) is 0 Å².